The van der Waals surface area contributed by atoms with Gasteiger partial charge in [0.1, 0.15) is 5.84 Å². The number of hydrogen-bond acceptors (Lipinski definition) is 5. The molecular weight excluding hydrogens is 232 g/mol. The number of aryl methyl sites for hydroxylation is 1. The van der Waals surface area contributed by atoms with Gasteiger partial charge >= 0.3 is 0 Å². The van der Waals surface area contributed by atoms with Crippen LogP contribution in [0.3, 0.4) is 0 Å². The molecule has 0 bridgehead atoms. The molecule has 0 spiro atoms. The average molecular weight is 252 g/mol. The van der Waals surface area contributed by atoms with Crippen LogP contribution >= 0.6 is 0 Å². The Morgan fingerprint density at radius 2 is 2.33 bits per heavy atom. The molecule has 6 heteroatoms. The molecule has 0 saturated carbocycles. The van der Waals surface area contributed by atoms with Gasteiger partial charge in [-0.25, -0.2) is 0 Å². The van der Waals surface area contributed by atoms with Crippen LogP contribution in [0, 0.1) is 6.92 Å². The first kappa shape index (κ1) is 14.2. The van der Waals surface area contributed by atoms with Gasteiger partial charge in [0.05, 0.1) is 6.61 Å². The summed E-state index contributed by atoms with van der Waals surface area (Å²) in [6.07, 6.45) is 2.27. The monoisotopic (exact) mass is 252 g/mol. The lowest BCUT2D eigenvalue weighted by Gasteiger charge is -2.24. The van der Waals surface area contributed by atoms with Crippen LogP contribution in [-0.2, 0) is 4.74 Å². The first-order chi connectivity index (χ1) is 8.67. The van der Waals surface area contributed by atoms with Crippen LogP contribution in [0.5, 0.6) is 0 Å². The molecule has 0 saturated heterocycles. The molecule has 1 heterocycles. The van der Waals surface area contributed by atoms with Crippen molar-refractivity contribution < 1.29 is 9.94 Å². The minimum atomic E-state index is 0.225. The smallest absolute Gasteiger partial charge is 0.140 e. The standard InChI is InChI=1S/C12H20N4O2/c1-10-9-11(3-5-14-10)16(7-8-18-2)6-4-12(13)15-17/h3,5,9,17H,4,6-8H2,1-2H3,(H2,13,15). The van der Waals surface area contributed by atoms with E-state index in [-0.39, 0.29) is 5.84 Å². The third-order valence-electron chi connectivity index (χ3n) is 2.58. The Bertz CT molecular complexity index is 395. The summed E-state index contributed by atoms with van der Waals surface area (Å²) in [7, 11) is 1.67. The van der Waals surface area contributed by atoms with Gasteiger partial charge in [-0.2, -0.15) is 0 Å². The quantitative estimate of drug-likeness (QED) is 0.327. The molecule has 0 aliphatic rings. The second-order valence-corrected chi connectivity index (χ2v) is 3.98. The van der Waals surface area contributed by atoms with Crippen molar-refractivity contribution >= 4 is 11.5 Å². The van der Waals surface area contributed by atoms with Crippen LogP contribution < -0.4 is 10.6 Å². The Morgan fingerprint density at radius 3 is 2.94 bits per heavy atom. The molecule has 0 atom stereocenters. The maximum atomic E-state index is 8.55. The van der Waals surface area contributed by atoms with Gasteiger partial charge in [0.25, 0.3) is 0 Å². The molecule has 6 nitrogen and oxygen atoms in total. The first-order valence-electron chi connectivity index (χ1n) is 5.80. The highest BCUT2D eigenvalue weighted by Gasteiger charge is 2.07. The molecule has 0 aromatic carbocycles. The number of oxime groups is 1. The molecule has 0 aliphatic carbocycles. The number of nitrogens with zero attached hydrogens (tertiary/aromatic N) is 3. The van der Waals surface area contributed by atoms with E-state index in [2.05, 4.69) is 15.0 Å². The Labute approximate surface area is 107 Å². The molecule has 0 aliphatic heterocycles. The fraction of sp³-hybridized carbons (Fsp3) is 0.500. The van der Waals surface area contributed by atoms with Crippen molar-refractivity contribution in [2.45, 2.75) is 13.3 Å². The number of nitrogens with two attached hydrogens (primary N) is 1. The first-order valence-corrected chi connectivity index (χ1v) is 5.80. The molecule has 1 aromatic heterocycles. The molecule has 0 radical (unpaired) electrons. The highest BCUT2D eigenvalue weighted by Crippen LogP contribution is 2.14. The third-order valence-corrected chi connectivity index (χ3v) is 2.58. The van der Waals surface area contributed by atoms with Gasteiger partial charge in [0, 0.05) is 44.2 Å². The van der Waals surface area contributed by atoms with Gasteiger partial charge in [-0.05, 0) is 19.1 Å². The summed E-state index contributed by atoms with van der Waals surface area (Å²) in [5.41, 5.74) is 7.51. The zero-order valence-corrected chi connectivity index (χ0v) is 10.8. The third kappa shape index (κ3) is 4.58. The minimum absolute atomic E-state index is 0.225. The summed E-state index contributed by atoms with van der Waals surface area (Å²) in [5, 5.41) is 11.5. The highest BCUT2D eigenvalue weighted by atomic mass is 16.5. The lowest BCUT2D eigenvalue weighted by molar-refractivity contribution is 0.205. The summed E-state index contributed by atoms with van der Waals surface area (Å²) in [6, 6.07) is 3.94. The van der Waals surface area contributed by atoms with E-state index < -0.39 is 0 Å². The van der Waals surface area contributed by atoms with E-state index in [0.29, 0.717) is 19.6 Å². The number of rotatable bonds is 7. The maximum Gasteiger partial charge on any atom is 0.140 e. The van der Waals surface area contributed by atoms with E-state index in [9.17, 15) is 0 Å². The molecule has 3 N–H and O–H groups in total. The summed E-state index contributed by atoms with van der Waals surface area (Å²) < 4.78 is 5.09. The van der Waals surface area contributed by atoms with E-state index in [1.807, 2.05) is 19.1 Å². The number of hydrogen-bond donors (Lipinski definition) is 2. The summed E-state index contributed by atoms with van der Waals surface area (Å²) in [4.78, 5) is 6.29. The van der Waals surface area contributed by atoms with Crippen molar-refractivity contribution in [3.8, 4) is 0 Å². The largest absolute Gasteiger partial charge is 0.409 e. The molecule has 1 rings (SSSR count). The van der Waals surface area contributed by atoms with Crippen LogP contribution in [0.1, 0.15) is 12.1 Å². The van der Waals surface area contributed by atoms with Crippen LogP contribution in [0.2, 0.25) is 0 Å². The number of anilines is 1. The van der Waals surface area contributed by atoms with Crippen LogP contribution in [0.25, 0.3) is 0 Å². The second kappa shape index (κ2) is 7.50. The average Bonchev–Trinajstić information content (AvgIpc) is 2.38. The topological polar surface area (TPSA) is 84.0 Å². The van der Waals surface area contributed by atoms with Gasteiger partial charge in [0.2, 0.25) is 0 Å². The van der Waals surface area contributed by atoms with E-state index in [1.165, 1.54) is 0 Å². The number of methoxy groups -OCH3 is 1. The molecule has 0 unspecified atom stereocenters. The minimum Gasteiger partial charge on any atom is -0.409 e. The molecular formula is C12H20N4O2. The van der Waals surface area contributed by atoms with Crippen molar-refractivity contribution in [1.29, 1.82) is 0 Å². The highest BCUT2D eigenvalue weighted by molar-refractivity contribution is 5.80. The van der Waals surface area contributed by atoms with Gasteiger partial charge in [0.15, 0.2) is 0 Å². The Hall–Kier alpha value is -1.82. The fourth-order valence-corrected chi connectivity index (χ4v) is 1.60. The van der Waals surface area contributed by atoms with E-state index in [0.717, 1.165) is 17.9 Å². The van der Waals surface area contributed by atoms with Gasteiger partial charge in [-0.1, -0.05) is 5.16 Å². The van der Waals surface area contributed by atoms with Gasteiger partial charge in [-0.15, -0.1) is 0 Å². The predicted molar refractivity (Wildman–Crippen MR) is 71.1 cm³/mol. The molecule has 18 heavy (non-hydrogen) atoms. The summed E-state index contributed by atoms with van der Waals surface area (Å²) in [5.74, 6) is 0.225. The van der Waals surface area contributed by atoms with Gasteiger partial charge in [-0.3, -0.25) is 4.98 Å². The summed E-state index contributed by atoms with van der Waals surface area (Å²) >= 11 is 0. The normalized spacial score (nSPS) is 11.6. The number of amidine groups is 1. The van der Waals surface area contributed by atoms with Crippen molar-refractivity contribution in [1.82, 2.24) is 4.98 Å². The van der Waals surface area contributed by atoms with Crippen LogP contribution in [-0.4, -0.2) is 42.8 Å². The van der Waals surface area contributed by atoms with Crippen LogP contribution in [0.4, 0.5) is 5.69 Å². The second-order valence-electron chi connectivity index (χ2n) is 3.98. The lowest BCUT2D eigenvalue weighted by atomic mass is 10.2. The molecule has 0 fully saturated rings. The van der Waals surface area contributed by atoms with Crippen molar-refractivity contribution in [3.05, 3.63) is 24.0 Å². The van der Waals surface area contributed by atoms with Crippen molar-refractivity contribution in [2.75, 3.05) is 31.7 Å². The molecule has 0 amide bonds. The number of ether oxygens (including phenoxy) is 1. The Balaban J connectivity index is 2.71. The Morgan fingerprint density at radius 1 is 1.56 bits per heavy atom. The van der Waals surface area contributed by atoms with Gasteiger partial charge < -0.3 is 20.6 Å². The predicted octanol–water partition coefficient (Wildman–Crippen LogP) is 0.979. The van der Waals surface area contributed by atoms with Crippen LogP contribution in [0.15, 0.2) is 23.5 Å². The Kier molecular flexibility index (Phi) is 5.93. The zero-order valence-electron chi connectivity index (χ0n) is 10.8. The van der Waals surface area contributed by atoms with Crippen molar-refractivity contribution in [2.24, 2.45) is 10.9 Å². The lowest BCUT2D eigenvalue weighted by Crippen LogP contribution is -2.31. The van der Waals surface area contributed by atoms with E-state index in [4.69, 9.17) is 15.7 Å². The number of pyridine rings is 1. The molecule has 100 valence electrons. The summed E-state index contributed by atoms with van der Waals surface area (Å²) in [6.45, 7) is 3.99. The molecule has 1 aromatic rings. The maximum absolute atomic E-state index is 8.55. The van der Waals surface area contributed by atoms with Crippen molar-refractivity contribution in [3.63, 3.8) is 0 Å². The zero-order chi connectivity index (χ0) is 13.4. The SMILES string of the molecule is COCCN(CC/C(N)=N/O)c1ccnc(C)c1. The number of aromatic nitrogens is 1. The van der Waals surface area contributed by atoms with E-state index in [1.54, 1.807) is 13.3 Å². The fourth-order valence-electron chi connectivity index (χ4n) is 1.60. The van der Waals surface area contributed by atoms with E-state index >= 15 is 0 Å².